The van der Waals surface area contributed by atoms with Gasteiger partial charge < -0.3 is 19.4 Å². The van der Waals surface area contributed by atoms with Gasteiger partial charge in [0.25, 0.3) is 0 Å². The minimum absolute atomic E-state index is 0. The van der Waals surface area contributed by atoms with Crippen molar-refractivity contribution < 1.29 is 53.7 Å². The fourth-order valence-electron chi connectivity index (χ4n) is 4.70. The summed E-state index contributed by atoms with van der Waals surface area (Å²) in [6, 6.07) is 10.1. The van der Waals surface area contributed by atoms with Crippen molar-refractivity contribution in [1.29, 1.82) is 0 Å². The molecule has 1 saturated carbocycles. The van der Waals surface area contributed by atoms with E-state index in [0.29, 0.717) is 53.3 Å². The molecule has 7 nitrogen and oxygen atoms in total. The van der Waals surface area contributed by atoms with Crippen molar-refractivity contribution in [3.05, 3.63) is 53.1 Å². The summed E-state index contributed by atoms with van der Waals surface area (Å²) in [5.41, 5.74) is 2.26. The van der Waals surface area contributed by atoms with Crippen LogP contribution in [0.3, 0.4) is 0 Å². The van der Waals surface area contributed by atoms with Crippen LogP contribution < -0.4 is 44.1 Å². The van der Waals surface area contributed by atoms with Gasteiger partial charge in [0, 0.05) is 16.7 Å². The number of aromatic nitrogens is 2. The molecular formula is C25H23N2NaO5S. The first kappa shape index (κ1) is 24.9. The van der Waals surface area contributed by atoms with Crippen LogP contribution in [-0.4, -0.2) is 33.7 Å². The zero-order valence-corrected chi connectivity index (χ0v) is 21.9. The Morgan fingerprint density at radius 1 is 0.912 bits per heavy atom. The third kappa shape index (κ3) is 5.20. The van der Waals surface area contributed by atoms with E-state index in [1.165, 1.54) is 6.42 Å². The van der Waals surface area contributed by atoms with Crippen LogP contribution in [0, 0.1) is 5.92 Å². The van der Waals surface area contributed by atoms with Crippen molar-refractivity contribution in [2.24, 2.45) is 5.92 Å². The number of hydrogen-bond donors (Lipinski definition) is 0. The second kappa shape index (κ2) is 11.0. The quantitative estimate of drug-likeness (QED) is 0.289. The molecule has 1 aliphatic heterocycles. The summed E-state index contributed by atoms with van der Waals surface area (Å²) in [6.07, 6.45) is 5.71. The van der Waals surface area contributed by atoms with Crippen molar-refractivity contribution in [2.75, 3.05) is 13.2 Å². The largest absolute Gasteiger partial charge is 1.00 e. The molecule has 0 saturated heterocycles. The number of fused-ring (bicyclic) bond motifs is 2. The molecule has 9 heteroatoms. The van der Waals surface area contributed by atoms with E-state index >= 15 is 0 Å². The molecule has 1 aromatic heterocycles. The molecule has 0 radical (unpaired) electrons. The molecule has 2 heterocycles. The topological polar surface area (TPSA) is 101 Å². The number of allylic oxidation sites excluding steroid dienone is 1. The third-order valence-corrected chi connectivity index (χ3v) is 6.90. The summed E-state index contributed by atoms with van der Waals surface area (Å²) in [5.74, 6) is -0.359. The van der Waals surface area contributed by atoms with Gasteiger partial charge in [0.2, 0.25) is 0 Å². The van der Waals surface area contributed by atoms with Gasteiger partial charge in [-0.05, 0) is 48.2 Å². The average Bonchev–Trinajstić information content (AvgIpc) is 3.31. The fourth-order valence-corrected chi connectivity index (χ4v) is 5.22. The molecule has 0 spiro atoms. The number of Topliss-reactive ketones (excluding diaryl/α,β-unsaturated/α-hetero) is 1. The van der Waals surface area contributed by atoms with Crippen LogP contribution in [0.2, 0.25) is 0 Å². The molecule has 0 bridgehead atoms. The first-order valence-electron chi connectivity index (χ1n) is 11.2. The van der Waals surface area contributed by atoms with Gasteiger partial charge in [-0.2, -0.15) is 8.75 Å². The molecule has 1 aliphatic carbocycles. The molecule has 0 atom stereocenters. The van der Waals surface area contributed by atoms with E-state index in [4.69, 9.17) is 9.47 Å². The monoisotopic (exact) mass is 486 g/mol. The Bertz CT molecular complexity index is 1250. The third-order valence-electron chi connectivity index (χ3n) is 6.34. The maximum Gasteiger partial charge on any atom is 1.00 e. The van der Waals surface area contributed by atoms with E-state index in [1.54, 1.807) is 36.4 Å². The van der Waals surface area contributed by atoms with Crippen LogP contribution in [0.4, 0.5) is 0 Å². The number of ketones is 1. The molecule has 2 aliphatic rings. The SMILES string of the molecule is O=C([O-])/C(=C(\CC1CCCCC1)C(=O)c1ccc2c(c1)OCCO2)c1ccc2nsnc2c1.[Na+]. The predicted octanol–water partition coefficient (Wildman–Crippen LogP) is 0.823. The van der Waals surface area contributed by atoms with Crippen LogP contribution in [0.15, 0.2) is 42.0 Å². The fraction of sp³-hybridized carbons (Fsp3) is 0.360. The molecule has 170 valence electrons. The molecule has 5 rings (SSSR count). The van der Waals surface area contributed by atoms with Crippen LogP contribution in [-0.2, 0) is 4.79 Å². The number of carboxylic acid groups (broad SMARTS) is 1. The second-order valence-electron chi connectivity index (χ2n) is 8.50. The van der Waals surface area contributed by atoms with Crippen LogP contribution >= 0.6 is 11.7 Å². The smallest absolute Gasteiger partial charge is 0.545 e. The van der Waals surface area contributed by atoms with Crippen LogP contribution in [0.1, 0.15) is 54.4 Å². The maximum absolute atomic E-state index is 13.8. The van der Waals surface area contributed by atoms with Gasteiger partial charge in [-0.15, -0.1) is 0 Å². The van der Waals surface area contributed by atoms with Crippen molar-refractivity contribution in [3.8, 4) is 11.5 Å². The number of hydrogen-bond acceptors (Lipinski definition) is 8. The van der Waals surface area contributed by atoms with Gasteiger partial charge in [0.1, 0.15) is 24.2 Å². The van der Waals surface area contributed by atoms with Gasteiger partial charge in [-0.3, -0.25) is 4.79 Å². The molecule has 2 aromatic carbocycles. The Hall–Kier alpha value is -2.26. The van der Waals surface area contributed by atoms with Crippen LogP contribution in [0.25, 0.3) is 16.6 Å². The van der Waals surface area contributed by atoms with Gasteiger partial charge in [0.15, 0.2) is 17.3 Å². The zero-order chi connectivity index (χ0) is 22.8. The average molecular weight is 487 g/mol. The summed E-state index contributed by atoms with van der Waals surface area (Å²) in [6.45, 7) is 0.858. The van der Waals surface area contributed by atoms with Crippen molar-refractivity contribution in [3.63, 3.8) is 0 Å². The summed E-state index contributed by atoms with van der Waals surface area (Å²) >= 11 is 1.06. The molecule has 1 fully saturated rings. The Morgan fingerprint density at radius 2 is 1.62 bits per heavy atom. The predicted molar refractivity (Wildman–Crippen MR) is 122 cm³/mol. The maximum atomic E-state index is 13.8. The van der Waals surface area contributed by atoms with Gasteiger partial charge in [-0.25, -0.2) is 0 Å². The number of carbonyl (C=O) groups is 2. The van der Waals surface area contributed by atoms with Gasteiger partial charge >= 0.3 is 29.6 Å². The summed E-state index contributed by atoms with van der Waals surface area (Å²) in [7, 11) is 0. The number of benzene rings is 2. The number of nitrogens with zero attached hydrogens (tertiary/aromatic N) is 2. The number of aliphatic carboxylic acids is 1. The Morgan fingerprint density at radius 3 is 2.38 bits per heavy atom. The van der Waals surface area contributed by atoms with Crippen molar-refractivity contribution >= 4 is 40.1 Å². The molecule has 0 N–H and O–H groups in total. The minimum Gasteiger partial charge on any atom is -0.545 e. The van der Waals surface area contributed by atoms with Gasteiger partial charge in [0.05, 0.1) is 17.7 Å². The van der Waals surface area contributed by atoms with Crippen LogP contribution in [0.5, 0.6) is 11.5 Å². The standard InChI is InChI=1S/C25H24N2O5S.Na/c28-24(17-7-9-21-22(14-17)32-11-10-31-21)18(12-15-4-2-1-3-5-15)23(25(29)30)16-6-8-19-20(13-16)27-33-26-19;/h6-9,13-15H,1-5,10-12H2,(H,29,30);/q;+1/p-1/b23-18+;. The molecule has 3 aromatic rings. The Labute approximate surface area is 223 Å². The number of carbonyl (C=O) groups excluding carboxylic acids is 2. The second-order valence-corrected chi connectivity index (χ2v) is 9.03. The number of ether oxygens (including phenoxy) is 2. The minimum atomic E-state index is -1.37. The molecule has 34 heavy (non-hydrogen) atoms. The van der Waals surface area contributed by atoms with E-state index in [9.17, 15) is 14.7 Å². The first-order valence-corrected chi connectivity index (χ1v) is 11.9. The van der Waals surface area contributed by atoms with Crippen molar-refractivity contribution in [1.82, 2.24) is 8.75 Å². The Balaban J connectivity index is 0.00000274. The van der Waals surface area contributed by atoms with Gasteiger partial charge in [-0.1, -0.05) is 38.2 Å². The van der Waals surface area contributed by atoms with E-state index in [2.05, 4.69) is 8.75 Å². The summed E-state index contributed by atoms with van der Waals surface area (Å²) in [4.78, 5) is 26.2. The van der Waals surface area contributed by atoms with E-state index < -0.39 is 5.97 Å². The number of carboxylic acids is 1. The zero-order valence-electron chi connectivity index (χ0n) is 19.0. The Kier molecular flexibility index (Phi) is 8.03. The summed E-state index contributed by atoms with van der Waals surface area (Å²) < 4.78 is 19.6. The molecule has 0 amide bonds. The van der Waals surface area contributed by atoms with Crippen molar-refractivity contribution in [2.45, 2.75) is 38.5 Å². The first-order chi connectivity index (χ1) is 16.1. The molecular weight excluding hydrogens is 463 g/mol. The van der Waals surface area contributed by atoms with E-state index in [1.807, 2.05) is 0 Å². The number of rotatable bonds is 6. The normalized spacial score (nSPS) is 16.5. The van der Waals surface area contributed by atoms with E-state index in [0.717, 1.165) is 37.4 Å². The summed E-state index contributed by atoms with van der Waals surface area (Å²) in [5, 5.41) is 12.4. The van der Waals surface area contributed by atoms with E-state index in [-0.39, 0.29) is 52.4 Å². The molecule has 0 unspecified atom stereocenters.